The van der Waals surface area contributed by atoms with Crippen LogP contribution >= 0.6 is 0 Å². The quantitative estimate of drug-likeness (QED) is 0.781. The van der Waals surface area contributed by atoms with E-state index < -0.39 is 5.91 Å². The third-order valence-corrected chi connectivity index (χ3v) is 4.88. The molecule has 2 aromatic carbocycles. The van der Waals surface area contributed by atoms with Crippen LogP contribution in [0.15, 0.2) is 60.7 Å². The fourth-order valence-electron chi connectivity index (χ4n) is 3.59. The van der Waals surface area contributed by atoms with Crippen LogP contribution in [-0.4, -0.2) is 48.4 Å². The summed E-state index contributed by atoms with van der Waals surface area (Å²) < 4.78 is 0. The van der Waals surface area contributed by atoms with Crippen molar-refractivity contribution in [3.63, 3.8) is 0 Å². The van der Waals surface area contributed by atoms with Crippen molar-refractivity contribution in [2.45, 2.75) is 18.9 Å². The Morgan fingerprint density at radius 3 is 1.88 bits per heavy atom. The Morgan fingerprint density at radius 2 is 1.40 bits per heavy atom. The second kappa shape index (κ2) is 8.79. The normalized spacial score (nSPS) is 16.2. The highest BCUT2D eigenvalue weighted by Crippen LogP contribution is 2.29. The molecule has 0 aromatic heterocycles. The number of carbonyl (C=O) groups is 1. The number of rotatable bonds is 7. The zero-order valence-corrected chi connectivity index (χ0v) is 14.6. The summed E-state index contributed by atoms with van der Waals surface area (Å²) in [6.07, 6.45) is 1.17. The van der Waals surface area contributed by atoms with Gasteiger partial charge in [-0.25, -0.2) is 0 Å². The number of carbonyl (C=O) groups excluding carboxylic acids is 1. The Labute approximate surface area is 150 Å². The van der Waals surface area contributed by atoms with Gasteiger partial charge in [0.2, 0.25) is 5.91 Å². The minimum absolute atomic E-state index is 0.291. The van der Waals surface area contributed by atoms with Crippen LogP contribution in [0, 0.1) is 0 Å². The summed E-state index contributed by atoms with van der Waals surface area (Å²) in [5.41, 5.74) is 9.68. The minimum atomic E-state index is -0.452. The van der Waals surface area contributed by atoms with Crippen molar-refractivity contribution in [1.82, 2.24) is 15.5 Å². The van der Waals surface area contributed by atoms with Gasteiger partial charge in [0.1, 0.15) is 0 Å². The van der Waals surface area contributed by atoms with E-state index in [4.69, 9.17) is 5.73 Å². The lowest BCUT2D eigenvalue weighted by Crippen LogP contribution is -2.48. The first-order chi connectivity index (χ1) is 12.2. The van der Waals surface area contributed by atoms with Gasteiger partial charge in [-0.3, -0.25) is 15.4 Å². The Bertz CT molecular complexity index is 612. The minimum Gasteiger partial charge on any atom is -0.301 e. The van der Waals surface area contributed by atoms with Gasteiger partial charge in [0, 0.05) is 32.6 Å². The molecule has 0 unspecified atom stereocenters. The number of piperazine rings is 1. The van der Waals surface area contributed by atoms with Crippen molar-refractivity contribution in [3.8, 4) is 0 Å². The second-order valence-electron chi connectivity index (χ2n) is 6.63. The van der Waals surface area contributed by atoms with Crippen molar-refractivity contribution < 1.29 is 4.79 Å². The van der Waals surface area contributed by atoms with E-state index in [1.54, 1.807) is 0 Å². The molecule has 0 bridgehead atoms. The number of amides is 1. The van der Waals surface area contributed by atoms with Crippen LogP contribution in [0.25, 0.3) is 0 Å². The van der Waals surface area contributed by atoms with Gasteiger partial charge in [-0.15, -0.1) is 0 Å². The van der Waals surface area contributed by atoms with Crippen LogP contribution < -0.4 is 5.73 Å². The molecular weight excluding hydrogens is 310 g/mol. The Kier molecular flexibility index (Phi) is 6.20. The summed E-state index contributed by atoms with van der Waals surface area (Å²) in [6, 6.07) is 21.7. The van der Waals surface area contributed by atoms with Crippen molar-refractivity contribution in [2.24, 2.45) is 0 Å². The van der Waals surface area contributed by atoms with Crippen molar-refractivity contribution in [3.05, 3.63) is 71.8 Å². The van der Waals surface area contributed by atoms with E-state index in [9.17, 15) is 4.79 Å². The maximum Gasteiger partial charge on any atom is 0.238 e. The van der Waals surface area contributed by atoms with Crippen molar-refractivity contribution >= 4 is 5.91 Å². The Balaban J connectivity index is 1.66. The third-order valence-electron chi connectivity index (χ3n) is 4.88. The molecular formula is C21H26N3O. The predicted molar refractivity (Wildman–Crippen MR) is 100 cm³/mol. The van der Waals surface area contributed by atoms with Gasteiger partial charge in [0.15, 0.2) is 0 Å². The summed E-state index contributed by atoms with van der Waals surface area (Å²) in [6.45, 7) is 4.98. The van der Waals surface area contributed by atoms with E-state index in [0.717, 1.165) is 39.1 Å². The fourth-order valence-corrected chi connectivity index (χ4v) is 3.59. The standard InChI is InChI=1S/C21H26N3O/c22-20(25)12-7-13-23-14-16-24(17-15-23)21(18-8-3-1-4-9-18)19-10-5-2-6-11-19/h1-6,8-11,21-22H,7,12-17H2. The van der Waals surface area contributed by atoms with E-state index in [-0.39, 0.29) is 0 Å². The van der Waals surface area contributed by atoms with E-state index in [0.29, 0.717) is 12.5 Å². The molecule has 1 radical (unpaired) electrons. The zero-order valence-electron chi connectivity index (χ0n) is 14.6. The molecule has 1 saturated heterocycles. The summed E-state index contributed by atoms with van der Waals surface area (Å²) in [7, 11) is 0. The van der Waals surface area contributed by atoms with Gasteiger partial charge in [0.25, 0.3) is 0 Å². The SMILES string of the molecule is [NH]C(=O)CCCN1CCN(C(c2ccccc2)c2ccccc2)CC1. The van der Waals surface area contributed by atoms with Crippen molar-refractivity contribution in [1.29, 1.82) is 0 Å². The van der Waals surface area contributed by atoms with Crippen LogP contribution in [0.3, 0.4) is 0 Å². The average molecular weight is 336 g/mol. The molecule has 4 nitrogen and oxygen atoms in total. The van der Waals surface area contributed by atoms with Gasteiger partial charge >= 0.3 is 0 Å². The number of nitrogens with one attached hydrogen (secondary N) is 1. The topological polar surface area (TPSA) is 47.4 Å². The van der Waals surface area contributed by atoms with Gasteiger partial charge in [-0.05, 0) is 24.1 Å². The zero-order chi connectivity index (χ0) is 17.5. The molecule has 0 spiro atoms. The molecule has 131 valence electrons. The summed E-state index contributed by atoms with van der Waals surface area (Å²) in [5, 5.41) is 0. The molecule has 1 amide bonds. The molecule has 1 aliphatic rings. The summed E-state index contributed by atoms with van der Waals surface area (Å²) in [4.78, 5) is 15.7. The van der Waals surface area contributed by atoms with Crippen LogP contribution in [0.2, 0.25) is 0 Å². The molecule has 2 aromatic rings. The fraction of sp³-hybridized carbons (Fsp3) is 0.381. The summed E-state index contributed by atoms with van der Waals surface area (Å²) in [5.74, 6) is -0.452. The lowest BCUT2D eigenvalue weighted by atomic mass is 9.96. The molecule has 0 aliphatic carbocycles. The largest absolute Gasteiger partial charge is 0.301 e. The number of benzene rings is 2. The first-order valence-corrected chi connectivity index (χ1v) is 9.05. The number of nitrogens with zero attached hydrogens (tertiary/aromatic N) is 2. The molecule has 1 heterocycles. The lowest BCUT2D eigenvalue weighted by molar-refractivity contribution is -0.118. The molecule has 25 heavy (non-hydrogen) atoms. The van der Waals surface area contributed by atoms with Crippen LogP contribution in [0.4, 0.5) is 0 Å². The molecule has 3 rings (SSSR count). The maximum atomic E-state index is 10.8. The molecule has 4 heteroatoms. The number of hydrogen-bond acceptors (Lipinski definition) is 3. The van der Waals surface area contributed by atoms with Gasteiger partial charge in [-0.1, -0.05) is 60.7 Å². The highest BCUT2D eigenvalue weighted by molar-refractivity contribution is 5.72. The van der Waals surface area contributed by atoms with Gasteiger partial charge in [-0.2, -0.15) is 0 Å². The molecule has 1 aliphatic heterocycles. The number of hydrogen-bond donors (Lipinski definition) is 0. The average Bonchev–Trinajstić information content (AvgIpc) is 2.65. The van der Waals surface area contributed by atoms with Crippen molar-refractivity contribution in [2.75, 3.05) is 32.7 Å². The summed E-state index contributed by atoms with van der Waals surface area (Å²) >= 11 is 0. The lowest BCUT2D eigenvalue weighted by Gasteiger charge is -2.39. The van der Waals surface area contributed by atoms with Crippen LogP contribution in [0.5, 0.6) is 0 Å². The maximum absolute atomic E-state index is 10.8. The van der Waals surface area contributed by atoms with Crippen LogP contribution in [-0.2, 0) is 4.79 Å². The predicted octanol–water partition coefficient (Wildman–Crippen LogP) is 2.98. The van der Waals surface area contributed by atoms with E-state index in [2.05, 4.69) is 70.5 Å². The molecule has 1 N–H and O–H groups in total. The van der Waals surface area contributed by atoms with E-state index in [1.165, 1.54) is 11.1 Å². The van der Waals surface area contributed by atoms with E-state index >= 15 is 0 Å². The first kappa shape index (κ1) is 17.6. The smallest absolute Gasteiger partial charge is 0.238 e. The Morgan fingerprint density at radius 1 is 0.880 bits per heavy atom. The molecule has 0 saturated carbocycles. The first-order valence-electron chi connectivity index (χ1n) is 9.05. The highest BCUT2D eigenvalue weighted by Gasteiger charge is 2.26. The second-order valence-corrected chi connectivity index (χ2v) is 6.63. The van der Waals surface area contributed by atoms with Gasteiger partial charge < -0.3 is 4.90 Å². The molecule has 0 atom stereocenters. The monoisotopic (exact) mass is 336 g/mol. The highest BCUT2D eigenvalue weighted by atomic mass is 16.1. The Hall–Kier alpha value is -2.17. The van der Waals surface area contributed by atoms with Crippen LogP contribution in [0.1, 0.15) is 30.0 Å². The van der Waals surface area contributed by atoms with E-state index in [1.807, 2.05) is 0 Å². The third kappa shape index (κ3) is 4.91. The van der Waals surface area contributed by atoms with Gasteiger partial charge in [0.05, 0.1) is 6.04 Å². The molecule has 1 fully saturated rings.